The molecule has 168 valence electrons. The topological polar surface area (TPSA) is 142 Å². The fourth-order valence-electron chi connectivity index (χ4n) is 3.27. The molecule has 0 saturated carbocycles. The molecule has 2 aliphatic rings. The fourth-order valence-corrected chi connectivity index (χ4v) is 5.73. The van der Waals surface area contributed by atoms with E-state index >= 15 is 0 Å². The van der Waals surface area contributed by atoms with Gasteiger partial charge in [-0.05, 0) is 33.7 Å². The van der Waals surface area contributed by atoms with Gasteiger partial charge in [0.2, 0.25) is 5.16 Å². The van der Waals surface area contributed by atoms with E-state index in [0.717, 1.165) is 5.56 Å². The highest BCUT2D eigenvalue weighted by atomic mass is 35.5. The Morgan fingerprint density at radius 2 is 2.09 bits per heavy atom. The smallest absolute Gasteiger partial charge is 0.352 e. The highest BCUT2D eigenvalue weighted by Gasteiger charge is 2.54. The molecule has 4 rings (SSSR count). The molecule has 1 aromatic carbocycles. The first kappa shape index (κ1) is 22.4. The molecule has 11 nitrogen and oxygen atoms in total. The summed E-state index contributed by atoms with van der Waals surface area (Å²) in [5.41, 5.74) is 1.42. The summed E-state index contributed by atoms with van der Waals surface area (Å²) in [6, 6.07) is 5.72. The summed E-state index contributed by atoms with van der Waals surface area (Å²) < 4.78 is 1.49. The Hall–Kier alpha value is -2.77. The molecule has 3 heterocycles. The van der Waals surface area contributed by atoms with Gasteiger partial charge in [0.1, 0.15) is 17.1 Å². The van der Waals surface area contributed by atoms with Crippen molar-refractivity contribution < 1.29 is 19.5 Å². The van der Waals surface area contributed by atoms with Crippen molar-refractivity contribution in [2.45, 2.75) is 23.1 Å². The maximum Gasteiger partial charge on any atom is 0.352 e. The van der Waals surface area contributed by atoms with Gasteiger partial charge in [-0.3, -0.25) is 9.69 Å². The Labute approximate surface area is 195 Å². The van der Waals surface area contributed by atoms with Crippen LogP contribution in [-0.2, 0) is 23.2 Å². The lowest BCUT2D eigenvalue weighted by molar-refractivity contribution is -0.148. The van der Waals surface area contributed by atoms with Crippen molar-refractivity contribution in [2.75, 3.05) is 11.5 Å². The minimum absolute atomic E-state index is 0.0407. The van der Waals surface area contributed by atoms with Gasteiger partial charge in [0.15, 0.2) is 0 Å². The number of fused-ring (bicyclic) bond motifs is 1. The SMILES string of the molecule is Cn1nnnc1SCC1=C(C(=O)O)N2C(=O)C(NC(=O)NCc3ccc(Cl)cc3)[C@@H]2SC1. The molecular formula is C18H18ClN7O4S2. The molecule has 0 bridgehead atoms. The van der Waals surface area contributed by atoms with Crippen LogP contribution in [0.3, 0.4) is 0 Å². The number of halogens is 1. The van der Waals surface area contributed by atoms with Gasteiger partial charge in [0, 0.05) is 30.1 Å². The Balaban J connectivity index is 1.38. The minimum atomic E-state index is -1.18. The number of nitrogens with one attached hydrogen (secondary N) is 2. The first-order valence-corrected chi connectivity index (χ1v) is 11.8. The van der Waals surface area contributed by atoms with Crippen LogP contribution >= 0.6 is 35.1 Å². The van der Waals surface area contributed by atoms with E-state index in [1.807, 2.05) is 0 Å². The number of tetrazole rings is 1. The van der Waals surface area contributed by atoms with E-state index in [4.69, 9.17) is 11.6 Å². The summed E-state index contributed by atoms with van der Waals surface area (Å²) in [5.74, 6) is -0.886. The molecule has 0 spiro atoms. The number of nitrogens with zero attached hydrogens (tertiary/aromatic N) is 5. The molecule has 1 unspecified atom stereocenters. The fraction of sp³-hybridized carbons (Fsp3) is 0.333. The van der Waals surface area contributed by atoms with Gasteiger partial charge in [-0.15, -0.1) is 16.9 Å². The molecule has 32 heavy (non-hydrogen) atoms. The number of carbonyl (C=O) groups is 3. The van der Waals surface area contributed by atoms with Gasteiger partial charge >= 0.3 is 12.0 Å². The molecule has 0 aliphatic carbocycles. The molecule has 1 aromatic heterocycles. The van der Waals surface area contributed by atoms with E-state index in [2.05, 4.69) is 26.2 Å². The lowest BCUT2D eigenvalue weighted by Crippen LogP contribution is -2.71. The van der Waals surface area contributed by atoms with Gasteiger partial charge in [-0.2, -0.15) is 0 Å². The highest BCUT2D eigenvalue weighted by Crippen LogP contribution is 2.41. The largest absolute Gasteiger partial charge is 0.477 e. The van der Waals surface area contributed by atoms with E-state index in [-0.39, 0.29) is 12.2 Å². The van der Waals surface area contributed by atoms with Crippen molar-refractivity contribution in [1.29, 1.82) is 0 Å². The summed E-state index contributed by atoms with van der Waals surface area (Å²) in [6.45, 7) is 0.268. The molecule has 3 amide bonds. The summed E-state index contributed by atoms with van der Waals surface area (Å²) >= 11 is 8.55. The average Bonchev–Trinajstić information content (AvgIpc) is 3.19. The second kappa shape index (κ2) is 9.38. The van der Waals surface area contributed by atoms with Crippen molar-refractivity contribution in [2.24, 2.45) is 7.05 Å². The van der Waals surface area contributed by atoms with Crippen LogP contribution in [0.15, 0.2) is 40.7 Å². The maximum absolute atomic E-state index is 12.7. The first-order valence-electron chi connectivity index (χ1n) is 9.39. The predicted octanol–water partition coefficient (Wildman–Crippen LogP) is 1.08. The van der Waals surface area contributed by atoms with E-state index in [1.54, 1.807) is 31.3 Å². The number of aryl methyl sites for hydroxylation is 1. The highest BCUT2D eigenvalue weighted by molar-refractivity contribution is 8.01. The monoisotopic (exact) mass is 495 g/mol. The number of aliphatic carboxylic acids is 1. The van der Waals surface area contributed by atoms with Crippen LogP contribution in [-0.4, -0.2) is 71.0 Å². The zero-order chi connectivity index (χ0) is 22.8. The van der Waals surface area contributed by atoms with Crippen LogP contribution in [0.4, 0.5) is 4.79 Å². The lowest BCUT2D eigenvalue weighted by Gasteiger charge is -2.49. The summed E-state index contributed by atoms with van der Waals surface area (Å²) in [4.78, 5) is 38.1. The van der Waals surface area contributed by atoms with Crippen LogP contribution in [0.1, 0.15) is 5.56 Å². The normalized spacial score (nSPS) is 19.9. The number of hydrogen-bond donors (Lipinski definition) is 3. The average molecular weight is 496 g/mol. The number of rotatable bonds is 7. The van der Waals surface area contributed by atoms with Crippen LogP contribution < -0.4 is 10.6 Å². The van der Waals surface area contributed by atoms with Crippen molar-refractivity contribution in [3.05, 3.63) is 46.1 Å². The number of urea groups is 1. The molecule has 1 saturated heterocycles. The van der Waals surface area contributed by atoms with Gasteiger partial charge < -0.3 is 15.7 Å². The number of benzene rings is 1. The third-order valence-electron chi connectivity index (χ3n) is 4.86. The van der Waals surface area contributed by atoms with Crippen molar-refractivity contribution in [3.8, 4) is 0 Å². The number of carboxylic acid groups (broad SMARTS) is 1. The second-order valence-corrected chi connectivity index (χ2v) is 9.46. The summed E-state index contributed by atoms with van der Waals surface area (Å²) in [6.07, 6.45) is 0. The van der Waals surface area contributed by atoms with Crippen molar-refractivity contribution >= 4 is 53.0 Å². The third kappa shape index (κ3) is 4.54. The minimum Gasteiger partial charge on any atom is -0.477 e. The van der Waals surface area contributed by atoms with Crippen LogP contribution in [0.5, 0.6) is 0 Å². The number of hydrogen-bond acceptors (Lipinski definition) is 8. The molecule has 14 heteroatoms. The van der Waals surface area contributed by atoms with Gasteiger partial charge in [0.25, 0.3) is 5.91 Å². The number of carboxylic acids is 1. The van der Waals surface area contributed by atoms with Crippen LogP contribution in [0, 0.1) is 0 Å². The van der Waals surface area contributed by atoms with Crippen molar-refractivity contribution in [1.82, 2.24) is 35.7 Å². The third-order valence-corrected chi connectivity index (χ3v) is 7.55. The number of amides is 3. The Bertz CT molecular complexity index is 1090. The van der Waals surface area contributed by atoms with E-state index in [1.165, 1.54) is 33.1 Å². The Kier molecular flexibility index (Phi) is 6.58. The zero-order valence-electron chi connectivity index (χ0n) is 16.7. The van der Waals surface area contributed by atoms with Gasteiger partial charge in [-0.25, -0.2) is 14.3 Å². The molecule has 2 aliphatic heterocycles. The summed E-state index contributed by atoms with van der Waals surface area (Å²) in [5, 5.41) is 26.9. The quantitative estimate of drug-likeness (QED) is 0.379. The Morgan fingerprint density at radius 3 is 2.75 bits per heavy atom. The maximum atomic E-state index is 12.7. The van der Waals surface area contributed by atoms with E-state index < -0.39 is 29.3 Å². The molecule has 2 aromatic rings. The number of β-lactam (4-membered cyclic amide) rings is 1. The number of carbonyl (C=O) groups excluding carboxylic acids is 2. The van der Waals surface area contributed by atoms with Crippen LogP contribution in [0.25, 0.3) is 0 Å². The predicted molar refractivity (Wildman–Crippen MR) is 118 cm³/mol. The molecule has 2 atom stereocenters. The molecular weight excluding hydrogens is 478 g/mol. The Morgan fingerprint density at radius 1 is 1.34 bits per heavy atom. The number of thioether (sulfide) groups is 2. The van der Waals surface area contributed by atoms with Crippen LogP contribution in [0.2, 0.25) is 5.02 Å². The molecule has 3 N–H and O–H groups in total. The second-order valence-electron chi connectivity index (χ2n) is 6.97. The van der Waals surface area contributed by atoms with Crippen molar-refractivity contribution in [3.63, 3.8) is 0 Å². The van der Waals surface area contributed by atoms with Gasteiger partial charge in [-0.1, -0.05) is 35.5 Å². The molecule has 1 fully saturated rings. The van der Waals surface area contributed by atoms with Gasteiger partial charge in [0.05, 0.1) is 0 Å². The first-order chi connectivity index (χ1) is 15.3. The lowest BCUT2D eigenvalue weighted by atomic mass is 10.0. The standard InChI is InChI=1S/C18H18ClN7O4S2/c1-25-18(22-23-24-25)32-8-10-7-31-15-12(14(27)26(15)13(10)16(28)29)21-17(30)20-6-9-2-4-11(19)5-3-9/h2-5,12,15H,6-8H2,1H3,(H,28,29)(H2,20,21,30)/t12?,15-/m0/s1. The number of aromatic nitrogens is 4. The summed E-state index contributed by atoms with van der Waals surface area (Å²) in [7, 11) is 1.69. The van der Waals surface area contributed by atoms with E-state index in [9.17, 15) is 19.5 Å². The molecule has 0 radical (unpaired) electrons. The van der Waals surface area contributed by atoms with E-state index in [0.29, 0.717) is 27.3 Å². The zero-order valence-corrected chi connectivity index (χ0v) is 19.1.